The van der Waals surface area contributed by atoms with Crippen LogP contribution < -0.4 is 5.11 Å². The summed E-state index contributed by atoms with van der Waals surface area (Å²) in [4.78, 5) is 40.2. The van der Waals surface area contributed by atoms with E-state index in [1.165, 1.54) is 4.90 Å². The Kier molecular flexibility index (Phi) is 7.13. The fourth-order valence-electron chi connectivity index (χ4n) is 5.51. The number of carboxylic acid groups (broad SMARTS) is 1. The number of fused-ring (bicyclic) bond motifs is 3. The molecule has 218 valence electrons. The van der Waals surface area contributed by atoms with Gasteiger partial charge in [0.05, 0.1) is 12.0 Å². The highest BCUT2D eigenvalue weighted by Crippen LogP contribution is 2.36. The summed E-state index contributed by atoms with van der Waals surface area (Å²) in [6, 6.07) is 28.3. The molecule has 2 amide bonds. The van der Waals surface area contributed by atoms with Gasteiger partial charge in [-0.05, 0) is 55.7 Å². The average molecular weight is 576 g/mol. The fraction of sp³-hybridized carbons (Fsp3) is 0.229. The second-order valence-electron chi connectivity index (χ2n) is 11.7. The fourth-order valence-corrected chi connectivity index (χ4v) is 5.51. The average Bonchev–Trinajstić information content (AvgIpc) is 3.39. The summed E-state index contributed by atoms with van der Waals surface area (Å²) in [5.41, 5.74) is 5.35. The zero-order valence-electron chi connectivity index (χ0n) is 24.2. The minimum absolute atomic E-state index is 0.0332. The number of hydrogen-bond acceptors (Lipinski definition) is 6. The van der Waals surface area contributed by atoms with Gasteiger partial charge in [0.1, 0.15) is 16.8 Å². The van der Waals surface area contributed by atoms with Crippen LogP contribution in [0, 0.1) is 0 Å². The van der Waals surface area contributed by atoms with Crippen molar-refractivity contribution in [1.29, 1.82) is 0 Å². The summed E-state index contributed by atoms with van der Waals surface area (Å²) in [5, 5.41) is 14.0. The molecule has 0 aliphatic carbocycles. The van der Waals surface area contributed by atoms with Crippen LogP contribution in [0.3, 0.4) is 0 Å². The number of carbonyl (C=O) groups excluding carboxylic acids is 3. The molecule has 1 saturated heterocycles. The summed E-state index contributed by atoms with van der Waals surface area (Å²) in [5.74, 6) is -1.74. The predicted molar refractivity (Wildman–Crippen MR) is 162 cm³/mol. The summed E-state index contributed by atoms with van der Waals surface area (Å²) >= 11 is 0. The number of piperazine rings is 1. The van der Waals surface area contributed by atoms with Crippen LogP contribution in [-0.2, 0) is 9.53 Å². The standard InChI is InChI=1S/C35H32N2O6/c1-35(2,3)43-34(41)37-20-19-36(21-29(37)33(39)40)32(38)25-17-13-23(14-18-25)22-11-15-24(16-12-22)26-8-6-9-28-27-7-4-5-10-30(27)42-31(26)28/h4-18,29H,19-21H2,1-3H3,(H,39,40)/p-1. The van der Waals surface area contributed by atoms with E-state index >= 15 is 0 Å². The summed E-state index contributed by atoms with van der Waals surface area (Å²) < 4.78 is 11.5. The number of rotatable bonds is 4. The zero-order chi connectivity index (χ0) is 30.3. The molecule has 1 unspecified atom stereocenters. The van der Waals surface area contributed by atoms with Crippen molar-refractivity contribution in [2.45, 2.75) is 32.4 Å². The molecule has 1 aromatic heterocycles. The number of amides is 2. The van der Waals surface area contributed by atoms with Crippen LogP contribution in [0.2, 0.25) is 0 Å². The van der Waals surface area contributed by atoms with Crippen molar-refractivity contribution in [1.82, 2.24) is 9.80 Å². The predicted octanol–water partition coefficient (Wildman–Crippen LogP) is 5.73. The second kappa shape index (κ2) is 10.9. The van der Waals surface area contributed by atoms with E-state index in [4.69, 9.17) is 9.15 Å². The molecule has 5 aromatic rings. The number of benzene rings is 4. The lowest BCUT2D eigenvalue weighted by Gasteiger charge is -2.42. The molecule has 4 aromatic carbocycles. The minimum Gasteiger partial charge on any atom is -0.548 e. The van der Waals surface area contributed by atoms with E-state index in [2.05, 4.69) is 30.3 Å². The molecule has 1 atom stereocenters. The highest BCUT2D eigenvalue weighted by molar-refractivity contribution is 6.09. The first-order valence-corrected chi connectivity index (χ1v) is 14.2. The Balaban J connectivity index is 1.17. The maximum atomic E-state index is 13.3. The van der Waals surface area contributed by atoms with Crippen LogP contribution in [0.1, 0.15) is 31.1 Å². The van der Waals surface area contributed by atoms with Gasteiger partial charge in [-0.25, -0.2) is 4.79 Å². The topological polar surface area (TPSA) is 103 Å². The number of hydrogen-bond donors (Lipinski definition) is 0. The SMILES string of the molecule is CC(C)(C)OC(=O)N1CCN(C(=O)c2ccc(-c3ccc(-c4cccc5c4oc4ccccc45)cc3)cc2)CC1C(=O)[O-]. The lowest BCUT2D eigenvalue weighted by atomic mass is 9.98. The van der Waals surface area contributed by atoms with Gasteiger partial charge in [0, 0.05) is 41.5 Å². The van der Waals surface area contributed by atoms with Gasteiger partial charge in [-0.1, -0.05) is 72.8 Å². The third-order valence-electron chi connectivity index (χ3n) is 7.63. The van der Waals surface area contributed by atoms with Gasteiger partial charge in [0.25, 0.3) is 5.91 Å². The molecule has 1 fully saturated rings. The van der Waals surface area contributed by atoms with Crippen LogP contribution >= 0.6 is 0 Å². The molecule has 8 heteroatoms. The van der Waals surface area contributed by atoms with Crippen molar-refractivity contribution in [3.05, 3.63) is 96.6 Å². The van der Waals surface area contributed by atoms with Crippen molar-refractivity contribution in [3.8, 4) is 22.3 Å². The number of carbonyl (C=O) groups is 3. The quantitative estimate of drug-likeness (QED) is 0.271. The van der Waals surface area contributed by atoms with E-state index < -0.39 is 23.7 Å². The van der Waals surface area contributed by atoms with Crippen LogP contribution in [0.4, 0.5) is 4.79 Å². The van der Waals surface area contributed by atoms with E-state index in [1.807, 2.05) is 48.5 Å². The second-order valence-corrected chi connectivity index (χ2v) is 11.7. The molecular formula is C35H31N2O6-. The van der Waals surface area contributed by atoms with Crippen molar-refractivity contribution < 1.29 is 28.6 Å². The number of aliphatic carboxylic acids is 1. The number of carboxylic acids is 1. The Labute approximate surface area is 249 Å². The summed E-state index contributed by atoms with van der Waals surface area (Å²) in [6.45, 7) is 5.16. The first kappa shape index (κ1) is 28.0. The molecule has 1 aliphatic rings. The van der Waals surface area contributed by atoms with E-state index in [0.29, 0.717) is 5.56 Å². The Morgan fingerprint density at radius 3 is 2.09 bits per heavy atom. The summed E-state index contributed by atoms with van der Waals surface area (Å²) in [6.07, 6.45) is -0.738. The smallest absolute Gasteiger partial charge is 0.410 e. The molecule has 0 radical (unpaired) electrons. The van der Waals surface area contributed by atoms with Gasteiger partial charge in [0.2, 0.25) is 0 Å². The molecular weight excluding hydrogens is 544 g/mol. The van der Waals surface area contributed by atoms with Crippen molar-refractivity contribution in [2.75, 3.05) is 19.6 Å². The molecule has 0 saturated carbocycles. The maximum absolute atomic E-state index is 13.3. The monoisotopic (exact) mass is 575 g/mol. The highest BCUT2D eigenvalue weighted by atomic mass is 16.6. The Morgan fingerprint density at radius 1 is 0.791 bits per heavy atom. The third-order valence-corrected chi connectivity index (χ3v) is 7.63. The molecule has 8 nitrogen and oxygen atoms in total. The highest BCUT2D eigenvalue weighted by Gasteiger charge is 2.36. The van der Waals surface area contributed by atoms with E-state index in [9.17, 15) is 19.5 Å². The van der Waals surface area contributed by atoms with Gasteiger partial charge in [-0.3, -0.25) is 9.69 Å². The molecule has 0 N–H and O–H groups in total. The number of ether oxygens (including phenoxy) is 1. The Hall–Kier alpha value is -5.11. The number of nitrogens with zero attached hydrogens (tertiary/aromatic N) is 2. The van der Waals surface area contributed by atoms with Gasteiger partial charge >= 0.3 is 6.09 Å². The van der Waals surface area contributed by atoms with Gasteiger partial charge in [0.15, 0.2) is 0 Å². The maximum Gasteiger partial charge on any atom is 0.410 e. The van der Waals surface area contributed by atoms with Crippen molar-refractivity contribution >= 4 is 39.9 Å². The normalized spacial score (nSPS) is 15.6. The third kappa shape index (κ3) is 5.56. The number of furan rings is 1. The van der Waals surface area contributed by atoms with Crippen molar-refractivity contribution in [2.24, 2.45) is 0 Å². The molecule has 0 bridgehead atoms. The van der Waals surface area contributed by atoms with Crippen LogP contribution in [-0.4, -0.2) is 59.0 Å². The first-order valence-electron chi connectivity index (χ1n) is 14.2. The van der Waals surface area contributed by atoms with Gasteiger partial charge in [-0.2, -0.15) is 0 Å². The Morgan fingerprint density at radius 2 is 1.42 bits per heavy atom. The van der Waals surface area contributed by atoms with E-state index in [-0.39, 0.29) is 25.5 Å². The molecule has 2 heterocycles. The van der Waals surface area contributed by atoms with E-state index in [0.717, 1.165) is 49.1 Å². The van der Waals surface area contributed by atoms with Gasteiger partial charge < -0.3 is 24.0 Å². The minimum atomic E-state index is -1.43. The molecule has 43 heavy (non-hydrogen) atoms. The van der Waals surface area contributed by atoms with Crippen LogP contribution in [0.15, 0.2) is 95.4 Å². The summed E-state index contributed by atoms with van der Waals surface area (Å²) in [7, 11) is 0. The molecule has 1 aliphatic heterocycles. The number of para-hydroxylation sites is 2. The first-order chi connectivity index (χ1) is 20.6. The Bertz CT molecular complexity index is 1830. The van der Waals surface area contributed by atoms with Crippen LogP contribution in [0.25, 0.3) is 44.2 Å². The molecule has 0 spiro atoms. The molecule has 6 rings (SSSR count). The van der Waals surface area contributed by atoms with E-state index in [1.54, 1.807) is 32.9 Å². The van der Waals surface area contributed by atoms with Gasteiger partial charge in [-0.15, -0.1) is 0 Å². The zero-order valence-corrected chi connectivity index (χ0v) is 24.2. The van der Waals surface area contributed by atoms with Crippen LogP contribution in [0.5, 0.6) is 0 Å². The van der Waals surface area contributed by atoms with Crippen molar-refractivity contribution in [3.63, 3.8) is 0 Å². The lowest BCUT2D eigenvalue weighted by Crippen LogP contribution is -2.62. The largest absolute Gasteiger partial charge is 0.548 e. The lowest BCUT2D eigenvalue weighted by molar-refractivity contribution is -0.312.